The van der Waals surface area contributed by atoms with Gasteiger partial charge in [-0.25, -0.2) is 9.59 Å². The monoisotopic (exact) mass is 580 g/mol. The number of hydrogen-bond donors (Lipinski definition) is 2. The molecule has 0 atom stereocenters. The third-order valence-electron chi connectivity index (χ3n) is 6.32. The van der Waals surface area contributed by atoms with Gasteiger partial charge in [0.05, 0.1) is 6.61 Å². The van der Waals surface area contributed by atoms with Gasteiger partial charge in [-0.1, -0.05) is 42.0 Å². The van der Waals surface area contributed by atoms with Gasteiger partial charge in [0, 0.05) is 52.9 Å². The van der Waals surface area contributed by atoms with Crippen molar-refractivity contribution in [2.45, 2.75) is 46.1 Å². The van der Waals surface area contributed by atoms with Crippen LogP contribution in [0.4, 0.5) is 19.1 Å². The first-order valence-corrected chi connectivity index (χ1v) is 13.1. The minimum absolute atomic E-state index is 0.294. The number of rotatable bonds is 9. The molecular weight excluding hydrogens is 545 g/mol. The number of carboxylic acids is 1. The number of ether oxygens (including phenoxy) is 1. The second kappa shape index (κ2) is 14.1. The largest absolute Gasteiger partial charge is 0.490 e. The molecule has 0 bridgehead atoms. The van der Waals surface area contributed by atoms with Gasteiger partial charge in [-0.15, -0.1) is 0 Å². The molecule has 0 saturated carbocycles. The van der Waals surface area contributed by atoms with E-state index in [4.69, 9.17) is 19.6 Å². The molecule has 41 heavy (non-hydrogen) atoms. The number of allylic oxidation sites excluding steroid dienone is 2. The van der Waals surface area contributed by atoms with E-state index in [1.54, 1.807) is 7.05 Å². The smallest absolute Gasteiger partial charge is 0.475 e. The van der Waals surface area contributed by atoms with Crippen LogP contribution >= 0.6 is 0 Å². The van der Waals surface area contributed by atoms with Crippen molar-refractivity contribution in [3.8, 4) is 0 Å². The summed E-state index contributed by atoms with van der Waals surface area (Å²) in [6.07, 6.45) is -2.43. The van der Waals surface area contributed by atoms with Crippen molar-refractivity contribution in [2.24, 2.45) is 7.05 Å². The third-order valence-corrected chi connectivity index (χ3v) is 6.32. The molecule has 0 radical (unpaired) electrons. The van der Waals surface area contributed by atoms with Gasteiger partial charge in [0.25, 0.3) is 5.56 Å². The number of anilines is 1. The summed E-state index contributed by atoms with van der Waals surface area (Å²) >= 11 is 0. The van der Waals surface area contributed by atoms with Crippen molar-refractivity contribution in [3.05, 3.63) is 68.4 Å². The van der Waals surface area contributed by atoms with Gasteiger partial charge in [-0.2, -0.15) is 18.2 Å². The number of aryl methyl sites for hydroxylation is 1. The molecule has 1 aliphatic heterocycles. The van der Waals surface area contributed by atoms with Crippen molar-refractivity contribution >= 4 is 23.1 Å². The van der Waals surface area contributed by atoms with Crippen LogP contribution in [-0.4, -0.2) is 68.7 Å². The number of halogens is 3. The number of alkyl halides is 3. The number of aliphatic carboxylic acids is 1. The Kier molecular flexibility index (Phi) is 10.9. The van der Waals surface area contributed by atoms with Crippen molar-refractivity contribution in [1.29, 1.82) is 0 Å². The molecule has 3 heterocycles. The first-order chi connectivity index (χ1) is 19.4. The normalized spacial score (nSPS) is 13.6. The predicted molar refractivity (Wildman–Crippen MR) is 148 cm³/mol. The summed E-state index contributed by atoms with van der Waals surface area (Å²) in [5.41, 5.74) is 2.52. The molecule has 0 aliphatic carbocycles. The van der Waals surface area contributed by atoms with Gasteiger partial charge in [0.15, 0.2) is 11.2 Å². The van der Waals surface area contributed by atoms with Crippen molar-refractivity contribution < 1.29 is 27.8 Å². The highest BCUT2D eigenvalue weighted by Crippen LogP contribution is 2.20. The highest BCUT2D eigenvalue weighted by molar-refractivity contribution is 5.75. The zero-order chi connectivity index (χ0) is 30.2. The van der Waals surface area contributed by atoms with E-state index in [2.05, 4.69) is 16.3 Å². The van der Waals surface area contributed by atoms with E-state index >= 15 is 0 Å². The molecule has 1 aliphatic rings. The minimum Gasteiger partial charge on any atom is -0.475 e. The molecule has 2 aromatic heterocycles. The zero-order valence-corrected chi connectivity index (χ0v) is 23.3. The van der Waals surface area contributed by atoms with Crippen molar-refractivity contribution in [2.75, 3.05) is 37.7 Å². The Labute approximate surface area is 234 Å². The number of carboxylic acid groups (broad SMARTS) is 1. The number of hydrogen-bond acceptors (Lipinski definition) is 7. The number of carbonyl (C=O) groups is 1. The SMILES string of the molecule is CC(C)=CCn1c(N2CCNCC2)nc2c1c(=O)n(CCCOCc1ccccc1)c(=O)n2C.O=C(O)C(F)(F)F. The summed E-state index contributed by atoms with van der Waals surface area (Å²) in [4.78, 5) is 42.5. The number of benzene rings is 1. The molecule has 4 rings (SSSR count). The number of nitrogens with zero attached hydrogens (tertiary/aromatic N) is 5. The van der Waals surface area contributed by atoms with E-state index in [0.717, 1.165) is 43.3 Å². The average molecular weight is 581 g/mol. The van der Waals surface area contributed by atoms with Crippen LogP contribution < -0.4 is 21.5 Å². The van der Waals surface area contributed by atoms with Gasteiger partial charge >= 0.3 is 17.8 Å². The maximum Gasteiger partial charge on any atom is 0.490 e. The Hall–Kier alpha value is -3.91. The number of piperazine rings is 1. The lowest BCUT2D eigenvalue weighted by Gasteiger charge is -2.28. The van der Waals surface area contributed by atoms with E-state index in [1.165, 1.54) is 9.13 Å². The van der Waals surface area contributed by atoms with Gasteiger partial charge in [-0.3, -0.25) is 13.9 Å². The fourth-order valence-electron chi connectivity index (χ4n) is 4.20. The molecule has 224 valence electrons. The van der Waals surface area contributed by atoms with Gasteiger partial charge in [-0.05, 0) is 25.8 Å². The summed E-state index contributed by atoms with van der Waals surface area (Å²) in [5.74, 6) is -2.02. The Morgan fingerprint density at radius 3 is 2.34 bits per heavy atom. The average Bonchev–Trinajstić information content (AvgIpc) is 3.33. The number of nitrogens with one attached hydrogen (secondary N) is 1. The molecule has 14 heteroatoms. The highest BCUT2D eigenvalue weighted by Gasteiger charge is 2.38. The summed E-state index contributed by atoms with van der Waals surface area (Å²) in [7, 11) is 1.69. The van der Waals surface area contributed by atoms with E-state index < -0.39 is 12.1 Å². The lowest BCUT2D eigenvalue weighted by atomic mass is 10.2. The molecule has 1 saturated heterocycles. The first-order valence-electron chi connectivity index (χ1n) is 13.1. The zero-order valence-electron chi connectivity index (χ0n) is 23.3. The minimum atomic E-state index is -5.08. The quantitative estimate of drug-likeness (QED) is 0.293. The lowest BCUT2D eigenvalue weighted by Crippen LogP contribution is -2.44. The maximum absolute atomic E-state index is 13.5. The molecule has 0 unspecified atom stereocenters. The van der Waals surface area contributed by atoms with Crippen molar-refractivity contribution in [3.63, 3.8) is 0 Å². The van der Waals surface area contributed by atoms with Crippen LogP contribution in [0, 0.1) is 0 Å². The lowest BCUT2D eigenvalue weighted by molar-refractivity contribution is -0.192. The summed E-state index contributed by atoms with van der Waals surface area (Å²) < 4.78 is 42.2. The Balaban J connectivity index is 0.000000587. The van der Waals surface area contributed by atoms with Crippen LogP contribution in [0.5, 0.6) is 0 Å². The standard InChI is InChI=1S/C25H34N6O3.C2HF3O2/c1-19(2)10-14-30-21-22(27-24(30)29-15-11-26-12-16-29)28(3)25(33)31(23(21)32)13-7-17-34-18-20-8-5-4-6-9-20;3-2(4,5)1(6)7/h4-6,8-10,26H,7,11-18H2,1-3H3;(H,6,7). The molecule has 0 amide bonds. The van der Waals surface area contributed by atoms with Gasteiger partial charge in [0.1, 0.15) is 0 Å². The molecule has 11 nitrogen and oxygen atoms in total. The molecule has 3 aromatic rings. The van der Waals surface area contributed by atoms with Crippen LogP contribution in [0.2, 0.25) is 0 Å². The molecule has 1 fully saturated rings. The predicted octanol–water partition coefficient (Wildman–Crippen LogP) is 2.51. The summed E-state index contributed by atoms with van der Waals surface area (Å²) in [5, 5.41) is 10.5. The highest BCUT2D eigenvalue weighted by atomic mass is 19.4. The number of fused-ring (bicyclic) bond motifs is 1. The fraction of sp³-hybridized carbons (Fsp3) is 0.481. The first kappa shape index (κ1) is 31.6. The van der Waals surface area contributed by atoms with Crippen molar-refractivity contribution in [1.82, 2.24) is 24.0 Å². The molecule has 0 spiro atoms. The van der Waals surface area contributed by atoms with E-state index in [-0.39, 0.29) is 11.2 Å². The topological polar surface area (TPSA) is 124 Å². The number of aromatic nitrogens is 4. The van der Waals surface area contributed by atoms with Crippen LogP contribution in [-0.2, 0) is 36.3 Å². The second-order valence-electron chi connectivity index (χ2n) is 9.71. The van der Waals surface area contributed by atoms with E-state index in [1.807, 2.05) is 48.7 Å². The van der Waals surface area contributed by atoms with Gasteiger partial charge in [0.2, 0.25) is 5.95 Å². The van der Waals surface area contributed by atoms with E-state index in [0.29, 0.717) is 43.9 Å². The van der Waals surface area contributed by atoms with Crippen LogP contribution in [0.25, 0.3) is 11.2 Å². The molecule has 1 aromatic carbocycles. The number of imidazole rings is 1. The molecular formula is C27H35F3N6O5. The fourth-order valence-corrected chi connectivity index (χ4v) is 4.20. The third kappa shape index (κ3) is 8.30. The van der Waals surface area contributed by atoms with Crippen LogP contribution in [0.1, 0.15) is 25.8 Å². The second-order valence-corrected chi connectivity index (χ2v) is 9.71. The Morgan fingerprint density at radius 2 is 1.76 bits per heavy atom. The van der Waals surface area contributed by atoms with Gasteiger partial charge < -0.3 is 24.6 Å². The van der Waals surface area contributed by atoms with Crippen LogP contribution in [0.15, 0.2) is 51.6 Å². The van der Waals surface area contributed by atoms with Crippen LogP contribution in [0.3, 0.4) is 0 Å². The summed E-state index contributed by atoms with van der Waals surface area (Å²) in [6.45, 7) is 9.20. The Bertz CT molecular complexity index is 1470. The Morgan fingerprint density at radius 1 is 1.12 bits per heavy atom. The summed E-state index contributed by atoms with van der Waals surface area (Å²) in [6, 6.07) is 9.95. The van der Waals surface area contributed by atoms with E-state index in [9.17, 15) is 22.8 Å². The maximum atomic E-state index is 13.5. The molecule has 2 N–H and O–H groups in total.